The first kappa shape index (κ1) is 21.9. The van der Waals surface area contributed by atoms with Gasteiger partial charge < -0.3 is 25.9 Å². The maximum absolute atomic E-state index is 13.6. The maximum Gasteiger partial charge on any atom is 0.271 e. The van der Waals surface area contributed by atoms with E-state index in [1.165, 1.54) is 36.8 Å². The normalized spacial score (nSPS) is 27.4. The number of ether oxygens (including phenoxy) is 1. The standard InChI is InChI=1S/C21H15N3O5.C5H10/c22-13-7-3-6-12-17(13)18(26)20(24-19(27)14-8-4-10-16(25)23-14)11-5-1-2-9-15(11)29-21(12,20)28;1-4-3-5(4)2/h1-10,28H,22H2,(H,23,25)(H,24,27);4-5H,3H2,1-2H3/t;4-,5?/m.0/s1. The van der Waals surface area contributed by atoms with Crippen molar-refractivity contribution in [1.29, 1.82) is 0 Å². The van der Waals surface area contributed by atoms with Crippen molar-refractivity contribution in [3.8, 4) is 5.75 Å². The van der Waals surface area contributed by atoms with E-state index in [2.05, 4.69) is 24.1 Å². The number of rotatable bonds is 2. The number of benzene rings is 2. The number of anilines is 1. The van der Waals surface area contributed by atoms with Gasteiger partial charge in [-0.1, -0.05) is 50.2 Å². The van der Waals surface area contributed by atoms with E-state index in [4.69, 9.17) is 10.5 Å². The highest BCUT2D eigenvalue weighted by molar-refractivity contribution is 6.15. The zero-order chi connectivity index (χ0) is 24.3. The summed E-state index contributed by atoms with van der Waals surface area (Å²) < 4.78 is 5.83. The topological polar surface area (TPSA) is 135 Å². The molecule has 4 atom stereocenters. The van der Waals surface area contributed by atoms with E-state index in [-0.39, 0.29) is 28.3 Å². The molecule has 2 heterocycles. The van der Waals surface area contributed by atoms with Crippen molar-refractivity contribution in [2.24, 2.45) is 11.8 Å². The number of aromatic amines is 1. The highest BCUT2D eigenvalue weighted by Gasteiger charge is 2.72. The molecular formula is C26H25N3O5. The molecule has 3 unspecified atom stereocenters. The fraction of sp³-hybridized carbons (Fsp3) is 0.269. The van der Waals surface area contributed by atoms with Crippen LogP contribution < -0.4 is 21.3 Å². The Bertz CT molecular complexity index is 1380. The summed E-state index contributed by atoms with van der Waals surface area (Å²) in [5.41, 5.74) is 4.25. The van der Waals surface area contributed by atoms with Crippen LogP contribution in [0, 0.1) is 11.8 Å². The molecule has 3 aliphatic rings. The average molecular weight is 460 g/mol. The summed E-state index contributed by atoms with van der Waals surface area (Å²) in [6.07, 6.45) is 1.47. The van der Waals surface area contributed by atoms with Crippen LogP contribution in [0.5, 0.6) is 5.75 Å². The van der Waals surface area contributed by atoms with E-state index in [0.29, 0.717) is 5.56 Å². The highest BCUT2D eigenvalue weighted by Crippen LogP contribution is 2.58. The molecule has 1 aliphatic heterocycles. The number of pyridine rings is 1. The summed E-state index contributed by atoms with van der Waals surface area (Å²) in [7, 11) is 0. The minimum Gasteiger partial charge on any atom is -0.454 e. The lowest BCUT2D eigenvalue weighted by Gasteiger charge is -2.34. The van der Waals surface area contributed by atoms with Crippen LogP contribution in [0.4, 0.5) is 5.69 Å². The number of fused-ring (bicyclic) bond motifs is 5. The summed E-state index contributed by atoms with van der Waals surface area (Å²) in [4.78, 5) is 40.6. The van der Waals surface area contributed by atoms with Gasteiger partial charge in [-0.25, -0.2) is 0 Å². The number of para-hydroxylation sites is 1. The first-order chi connectivity index (χ1) is 16.2. The van der Waals surface area contributed by atoms with E-state index in [0.717, 1.165) is 11.8 Å². The molecule has 1 saturated carbocycles. The van der Waals surface area contributed by atoms with Crippen molar-refractivity contribution >= 4 is 17.4 Å². The molecule has 0 saturated heterocycles. The van der Waals surface area contributed by atoms with Crippen molar-refractivity contribution in [2.75, 3.05) is 5.73 Å². The average Bonchev–Trinajstić information content (AvgIpc) is 3.34. The molecule has 8 heteroatoms. The lowest BCUT2D eigenvalue weighted by atomic mass is 9.83. The predicted molar refractivity (Wildman–Crippen MR) is 125 cm³/mol. The molecule has 0 bridgehead atoms. The molecule has 34 heavy (non-hydrogen) atoms. The molecule has 1 fully saturated rings. The summed E-state index contributed by atoms with van der Waals surface area (Å²) in [6, 6.07) is 15.3. The van der Waals surface area contributed by atoms with Gasteiger partial charge in [-0.05, 0) is 36.5 Å². The number of H-pyrrole nitrogens is 1. The van der Waals surface area contributed by atoms with Gasteiger partial charge >= 0.3 is 0 Å². The van der Waals surface area contributed by atoms with Crippen molar-refractivity contribution < 1.29 is 19.4 Å². The number of nitrogens with two attached hydrogens (primary N) is 1. The number of hydrogen-bond acceptors (Lipinski definition) is 6. The number of aliphatic hydroxyl groups is 1. The predicted octanol–water partition coefficient (Wildman–Crippen LogP) is 2.68. The van der Waals surface area contributed by atoms with Crippen molar-refractivity contribution in [3.05, 3.63) is 93.4 Å². The van der Waals surface area contributed by atoms with E-state index >= 15 is 0 Å². The molecular weight excluding hydrogens is 434 g/mol. The van der Waals surface area contributed by atoms with Gasteiger partial charge in [-0.2, -0.15) is 0 Å². The molecule has 1 aromatic heterocycles. The van der Waals surface area contributed by atoms with E-state index in [1.54, 1.807) is 30.3 Å². The fourth-order valence-electron chi connectivity index (χ4n) is 4.64. The van der Waals surface area contributed by atoms with E-state index < -0.39 is 28.6 Å². The van der Waals surface area contributed by atoms with Gasteiger partial charge in [0.2, 0.25) is 16.9 Å². The molecule has 3 aromatic rings. The lowest BCUT2D eigenvalue weighted by Crippen LogP contribution is -2.60. The number of ketones is 1. The molecule has 5 N–H and O–H groups in total. The Morgan fingerprint density at radius 1 is 1.03 bits per heavy atom. The summed E-state index contributed by atoms with van der Waals surface area (Å²) >= 11 is 0. The van der Waals surface area contributed by atoms with Crippen molar-refractivity contribution in [2.45, 2.75) is 31.6 Å². The Balaban J connectivity index is 0.000000429. The molecule has 0 spiro atoms. The number of Topliss-reactive ketones (excluding diaryl/α,β-unsaturated/α-hetero) is 1. The Morgan fingerprint density at radius 3 is 2.35 bits per heavy atom. The summed E-state index contributed by atoms with van der Waals surface area (Å²) in [5, 5.41) is 14.2. The third-order valence-electron chi connectivity index (χ3n) is 6.91. The second-order valence-electron chi connectivity index (χ2n) is 9.16. The minimum absolute atomic E-state index is 0.0599. The van der Waals surface area contributed by atoms with Gasteiger partial charge in [0.05, 0.1) is 5.56 Å². The largest absolute Gasteiger partial charge is 0.454 e. The van der Waals surface area contributed by atoms with Crippen LogP contribution in [0.2, 0.25) is 0 Å². The third kappa shape index (κ3) is 3.06. The van der Waals surface area contributed by atoms with Gasteiger partial charge in [0.15, 0.2) is 0 Å². The number of hydrogen-bond donors (Lipinski definition) is 4. The number of nitrogens with one attached hydrogen (secondary N) is 2. The Hall–Kier alpha value is -3.91. The Morgan fingerprint density at radius 2 is 1.68 bits per heavy atom. The number of aromatic nitrogens is 1. The SMILES string of the molecule is CC1C[C@@H]1C.Nc1cccc2c1C(=O)C1(NC(=O)c3cccc(=O)[nH]3)c3ccccc3OC21O. The van der Waals surface area contributed by atoms with Crippen LogP contribution >= 0.6 is 0 Å². The van der Waals surface area contributed by atoms with Gasteiger partial charge in [-0.3, -0.25) is 14.4 Å². The van der Waals surface area contributed by atoms with Crippen molar-refractivity contribution in [1.82, 2.24) is 10.3 Å². The second-order valence-corrected chi connectivity index (χ2v) is 9.16. The smallest absolute Gasteiger partial charge is 0.271 e. The Labute approximate surface area is 195 Å². The van der Waals surface area contributed by atoms with Gasteiger partial charge in [0, 0.05) is 22.9 Å². The third-order valence-corrected chi connectivity index (χ3v) is 6.91. The lowest BCUT2D eigenvalue weighted by molar-refractivity contribution is -0.169. The minimum atomic E-state index is -2.19. The number of nitrogen functional groups attached to an aromatic ring is 1. The van der Waals surface area contributed by atoms with Crippen LogP contribution in [-0.2, 0) is 11.3 Å². The molecule has 0 radical (unpaired) electrons. The van der Waals surface area contributed by atoms with Crippen LogP contribution in [0.3, 0.4) is 0 Å². The zero-order valence-corrected chi connectivity index (χ0v) is 18.8. The number of carbonyl (C=O) groups excluding carboxylic acids is 2. The van der Waals surface area contributed by atoms with E-state index in [1.807, 2.05) is 0 Å². The fourth-order valence-corrected chi connectivity index (χ4v) is 4.64. The summed E-state index contributed by atoms with van der Waals surface area (Å²) in [5.74, 6) is -1.17. The first-order valence-corrected chi connectivity index (χ1v) is 11.2. The quantitative estimate of drug-likeness (QED) is 0.435. The van der Waals surface area contributed by atoms with Crippen LogP contribution in [0.25, 0.3) is 0 Å². The van der Waals surface area contributed by atoms with Gasteiger partial charge in [0.25, 0.3) is 11.7 Å². The summed E-state index contributed by atoms with van der Waals surface area (Å²) in [6.45, 7) is 4.59. The van der Waals surface area contributed by atoms with E-state index in [9.17, 15) is 19.5 Å². The maximum atomic E-state index is 13.6. The number of amides is 1. The first-order valence-electron chi connectivity index (χ1n) is 11.2. The molecule has 174 valence electrons. The number of carbonyl (C=O) groups is 2. The van der Waals surface area contributed by atoms with Crippen molar-refractivity contribution in [3.63, 3.8) is 0 Å². The molecule has 2 aliphatic carbocycles. The highest BCUT2D eigenvalue weighted by atomic mass is 16.6. The molecule has 2 aromatic carbocycles. The van der Waals surface area contributed by atoms with Gasteiger partial charge in [-0.15, -0.1) is 0 Å². The monoisotopic (exact) mass is 459 g/mol. The molecule has 8 nitrogen and oxygen atoms in total. The molecule has 6 rings (SSSR count). The van der Waals surface area contributed by atoms with Gasteiger partial charge in [0.1, 0.15) is 11.4 Å². The van der Waals surface area contributed by atoms with Crippen LogP contribution in [-0.4, -0.2) is 21.8 Å². The van der Waals surface area contributed by atoms with Crippen LogP contribution in [0.1, 0.15) is 52.2 Å². The zero-order valence-electron chi connectivity index (χ0n) is 18.8. The van der Waals surface area contributed by atoms with Crippen LogP contribution in [0.15, 0.2) is 65.5 Å². The molecule has 1 amide bonds. The second kappa shape index (κ2) is 7.56. The Kier molecular flexibility index (Phi) is 4.87.